The first-order valence-corrected chi connectivity index (χ1v) is 10.4. The number of nitrogens with zero attached hydrogens (tertiary/aromatic N) is 1. The molecule has 0 bridgehead atoms. The molecule has 0 unspecified atom stereocenters. The van der Waals surface area contributed by atoms with Gasteiger partial charge in [0.25, 0.3) is 0 Å². The average Bonchev–Trinajstić information content (AvgIpc) is 3.33. The molecule has 3 aromatic rings. The zero-order valence-electron chi connectivity index (χ0n) is 17.3. The minimum Gasteiger partial charge on any atom is -0.467 e. The Bertz CT molecular complexity index is 1070. The van der Waals surface area contributed by atoms with Crippen molar-refractivity contribution in [1.29, 1.82) is 0 Å². The van der Waals surface area contributed by atoms with Gasteiger partial charge in [-0.3, -0.25) is 4.79 Å². The third-order valence-electron chi connectivity index (χ3n) is 5.59. The van der Waals surface area contributed by atoms with Gasteiger partial charge in [0.05, 0.1) is 30.5 Å². The van der Waals surface area contributed by atoms with E-state index in [1.165, 1.54) is 12.3 Å². The lowest BCUT2D eigenvalue weighted by atomic mass is 9.88. The van der Waals surface area contributed by atoms with Gasteiger partial charge in [-0.1, -0.05) is 30.3 Å². The number of carbonyl (C=O) groups excluding carboxylic acids is 2. The summed E-state index contributed by atoms with van der Waals surface area (Å²) in [6, 6.07) is 15.1. The van der Waals surface area contributed by atoms with Gasteiger partial charge in [0.15, 0.2) is 0 Å². The lowest BCUT2D eigenvalue weighted by Gasteiger charge is -2.39. The highest BCUT2D eigenvalue weighted by atomic mass is 19.1. The van der Waals surface area contributed by atoms with Crippen molar-refractivity contribution in [2.24, 2.45) is 5.92 Å². The summed E-state index contributed by atoms with van der Waals surface area (Å²) in [6.07, 6.45) is 2.70. The average molecular weight is 439 g/mol. The van der Waals surface area contributed by atoms with E-state index in [9.17, 15) is 18.4 Å². The first-order chi connectivity index (χ1) is 15.5. The number of hydrogen-bond donors (Lipinski definition) is 2. The highest BCUT2D eigenvalue weighted by Gasteiger charge is 2.35. The van der Waals surface area contributed by atoms with Crippen LogP contribution in [0.5, 0.6) is 0 Å². The second-order valence-corrected chi connectivity index (χ2v) is 7.70. The van der Waals surface area contributed by atoms with Gasteiger partial charge in [0.1, 0.15) is 17.4 Å². The van der Waals surface area contributed by atoms with Crippen molar-refractivity contribution in [3.63, 3.8) is 0 Å². The topological polar surface area (TPSA) is 74.6 Å². The van der Waals surface area contributed by atoms with Crippen LogP contribution >= 0.6 is 0 Å². The van der Waals surface area contributed by atoms with Crippen molar-refractivity contribution in [2.75, 3.05) is 11.9 Å². The molecule has 8 heteroatoms. The zero-order valence-corrected chi connectivity index (χ0v) is 17.3. The van der Waals surface area contributed by atoms with Gasteiger partial charge < -0.3 is 20.0 Å². The Labute approximate surface area is 184 Å². The standard InChI is InChI=1S/C24H23F2N3O3/c25-18-9-10-21(20(26)13-18)28-24(31)29-15-17(23(30)27-14-19-7-4-12-32-19)8-11-22(29)16-5-2-1-3-6-16/h1-7,9-10,12-13,17,22H,8,11,14-15H2,(H,27,30)(H,28,31)/t17-,22+/m1/s1. The molecule has 0 spiro atoms. The molecule has 4 rings (SSSR count). The summed E-state index contributed by atoms with van der Waals surface area (Å²) in [7, 11) is 0. The third-order valence-corrected chi connectivity index (χ3v) is 5.59. The van der Waals surface area contributed by atoms with Crippen molar-refractivity contribution >= 4 is 17.6 Å². The van der Waals surface area contributed by atoms with Crippen LogP contribution < -0.4 is 10.6 Å². The molecule has 166 valence electrons. The van der Waals surface area contributed by atoms with Crippen LogP contribution in [0.25, 0.3) is 0 Å². The smallest absolute Gasteiger partial charge is 0.322 e. The molecule has 3 amide bonds. The molecule has 1 aliphatic rings. The maximum absolute atomic E-state index is 14.1. The van der Waals surface area contributed by atoms with Crippen LogP contribution in [0.3, 0.4) is 0 Å². The number of halogens is 2. The van der Waals surface area contributed by atoms with Crippen LogP contribution in [-0.4, -0.2) is 23.4 Å². The van der Waals surface area contributed by atoms with Crippen LogP contribution in [0.2, 0.25) is 0 Å². The zero-order chi connectivity index (χ0) is 22.5. The van der Waals surface area contributed by atoms with Crippen LogP contribution in [0.4, 0.5) is 19.3 Å². The second kappa shape index (κ2) is 9.64. The third kappa shape index (κ3) is 4.96. The fourth-order valence-corrected chi connectivity index (χ4v) is 3.94. The number of carbonyl (C=O) groups is 2. The van der Waals surface area contributed by atoms with E-state index in [2.05, 4.69) is 10.6 Å². The number of piperidine rings is 1. The maximum Gasteiger partial charge on any atom is 0.322 e. The Hall–Kier alpha value is -3.68. The summed E-state index contributed by atoms with van der Waals surface area (Å²) in [6.45, 7) is 0.426. The normalized spacial score (nSPS) is 18.2. The van der Waals surface area contributed by atoms with E-state index in [0.717, 1.165) is 11.6 Å². The molecule has 0 radical (unpaired) electrons. The lowest BCUT2D eigenvalue weighted by Crippen LogP contribution is -2.48. The summed E-state index contributed by atoms with van der Waals surface area (Å²) < 4.78 is 32.6. The fourth-order valence-electron chi connectivity index (χ4n) is 3.94. The molecule has 6 nitrogen and oxygen atoms in total. The van der Waals surface area contributed by atoms with Crippen LogP contribution in [0, 0.1) is 17.6 Å². The molecule has 2 N–H and O–H groups in total. The molecule has 1 fully saturated rings. The van der Waals surface area contributed by atoms with E-state index in [1.54, 1.807) is 17.0 Å². The molecule has 1 aliphatic heterocycles. The summed E-state index contributed by atoms with van der Waals surface area (Å²) in [5.74, 6) is -1.56. The van der Waals surface area contributed by atoms with Crippen molar-refractivity contribution in [1.82, 2.24) is 10.2 Å². The Morgan fingerprint density at radius 3 is 2.56 bits per heavy atom. The van der Waals surface area contributed by atoms with E-state index in [4.69, 9.17) is 4.42 Å². The molecule has 32 heavy (non-hydrogen) atoms. The predicted molar refractivity (Wildman–Crippen MR) is 115 cm³/mol. The van der Waals surface area contributed by atoms with Crippen molar-refractivity contribution in [3.8, 4) is 0 Å². The second-order valence-electron chi connectivity index (χ2n) is 7.70. The molecule has 2 heterocycles. The van der Waals surface area contributed by atoms with Gasteiger partial charge in [0, 0.05) is 12.6 Å². The maximum atomic E-state index is 14.1. The van der Waals surface area contributed by atoms with E-state index in [0.29, 0.717) is 24.7 Å². The Morgan fingerprint density at radius 2 is 1.84 bits per heavy atom. The van der Waals surface area contributed by atoms with Gasteiger partial charge in [-0.15, -0.1) is 0 Å². The minimum absolute atomic E-state index is 0.118. The van der Waals surface area contributed by atoms with Gasteiger partial charge >= 0.3 is 6.03 Å². The number of anilines is 1. The number of rotatable bonds is 5. The quantitative estimate of drug-likeness (QED) is 0.596. The minimum atomic E-state index is -0.862. The summed E-state index contributed by atoms with van der Waals surface area (Å²) in [5, 5.41) is 5.36. The van der Waals surface area contributed by atoms with Gasteiger partial charge in [-0.25, -0.2) is 13.6 Å². The highest BCUT2D eigenvalue weighted by molar-refractivity contribution is 5.90. The molecule has 0 saturated carbocycles. The Balaban J connectivity index is 1.50. The van der Waals surface area contributed by atoms with Crippen molar-refractivity contribution in [2.45, 2.75) is 25.4 Å². The first-order valence-electron chi connectivity index (χ1n) is 10.4. The molecular weight excluding hydrogens is 416 g/mol. The molecular formula is C24H23F2N3O3. The summed E-state index contributed by atoms with van der Waals surface area (Å²) in [5.41, 5.74) is 0.810. The number of benzene rings is 2. The van der Waals surface area contributed by atoms with Gasteiger partial charge in [0.2, 0.25) is 5.91 Å². The van der Waals surface area contributed by atoms with E-state index < -0.39 is 23.6 Å². The monoisotopic (exact) mass is 439 g/mol. The Morgan fingerprint density at radius 1 is 1.03 bits per heavy atom. The van der Waals surface area contributed by atoms with Crippen molar-refractivity contribution < 1.29 is 22.8 Å². The molecule has 1 aromatic heterocycles. The summed E-state index contributed by atoms with van der Waals surface area (Å²) in [4.78, 5) is 27.4. The number of nitrogens with one attached hydrogen (secondary N) is 2. The largest absolute Gasteiger partial charge is 0.467 e. The van der Waals surface area contributed by atoms with Crippen LogP contribution in [-0.2, 0) is 11.3 Å². The molecule has 2 aromatic carbocycles. The molecule has 1 saturated heterocycles. The SMILES string of the molecule is O=C(NCc1ccco1)[C@@H]1CC[C@@H](c2ccccc2)N(C(=O)Nc2ccc(F)cc2F)C1. The van der Waals surface area contributed by atoms with E-state index in [1.807, 2.05) is 30.3 Å². The summed E-state index contributed by atoms with van der Waals surface area (Å²) >= 11 is 0. The van der Waals surface area contributed by atoms with Crippen LogP contribution in [0.15, 0.2) is 71.3 Å². The van der Waals surface area contributed by atoms with Gasteiger partial charge in [-0.05, 0) is 42.7 Å². The number of urea groups is 1. The van der Waals surface area contributed by atoms with Crippen LogP contribution in [0.1, 0.15) is 30.2 Å². The fraction of sp³-hybridized carbons (Fsp3) is 0.250. The molecule has 2 atom stereocenters. The highest BCUT2D eigenvalue weighted by Crippen LogP contribution is 2.34. The van der Waals surface area contributed by atoms with E-state index in [-0.39, 0.29) is 30.7 Å². The van der Waals surface area contributed by atoms with Gasteiger partial charge in [-0.2, -0.15) is 0 Å². The molecule has 0 aliphatic carbocycles. The number of likely N-dealkylation sites (tertiary alicyclic amines) is 1. The first kappa shape index (κ1) is 21.5. The van der Waals surface area contributed by atoms with E-state index >= 15 is 0 Å². The number of amides is 3. The predicted octanol–water partition coefficient (Wildman–Crippen LogP) is 4.86. The number of furan rings is 1. The Kier molecular flexibility index (Phi) is 6.49. The van der Waals surface area contributed by atoms with Crippen molar-refractivity contribution in [3.05, 3.63) is 89.9 Å². The number of hydrogen-bond acceptors (Lipinski definition) is 3. The lowest BCUT2D eigenvalue weighted by molar-refractivity contribution is -0.127.